The molecule has 2 aromatic rings. The number of aromatic nitrogens is 2. The molecule has 98 valence electrons. The Morgan fingerprint density at radius 2 is 1.89 bits per heavy atom. The molecule has 1 aromatic heterocycles. The predicted octanol–water partition coefficient (Wildman–Crippen LogP) is 3.20. The first-order valence-electron chi connectivity index (χ1n) is 6.10. The molecular weight excluding hydrogens is 242 g/mol. The van der Waals surface area contributed by atoms with Gasteiger partial charge in [-0.25, -0.2) is 0 Å². The zero-order chi connectivity index (χ0) is 13.8. The molecule has 0 saturated heterocycles. The SMILES string of the molecule is CC(C)c1noc([C@@H](C)Oc2ccc(C#N)cc2)n1. The number of benzene rings is 1. The minimum atomic E-state index is -0.326. The van der Waals surface area contributed by atoms with E-state index >= 15 is 0 Å². The Morgan fingerprint density at radius 1 is 1.21 bits per heavy atom. The van der Waals surface area contributed by atoms with Crippen LogP contribution in [0.15, 0.2) is 28.8 Å². The fourth-order valence-electron chi connectivity index (χ4n) is 1.51. The largest absolute Gasteiger partial charge is 0.481 e. The van der Waals surface area contributed by atoms with Crippen LogP contribution in [0.2, 0.25) is 0 Å². The van der Waals surface area contributed by atoms with Crippen LogP contribution in [-0.2, 0) is 0 Å². The summed E-state index contributed by atoms with van der Waals surface area (Å²) in [6.45, 7) is 5.84. The van der Waals surface area contributed by atoms with Crippen molar-refractivity contribution in [1.29, 1.82) is 5.26 Å². The number of rotatable bonds is 4. The number of nitrogens with zero attached hydrogens (tertiary/aromatic N) is 3. The summed E-state index contributed by atoms with van der Waals surface area (Å²) < 4.78 is 10.9. The monoisotopic (exact) mass is 257 g/mol. The summed E-state index contributed by atoms with van der Waals surface area (Å²) in [5.41, 5.74) is 0.597. The van der Waals surface area contributed by atoms with Crippen molar-refractivity contribution < 1.29 is 9.26 Å². The Kier molecular flexibility index (Phi) is 3.81. The zero-order valence-corrected chi connectivity index (χ0v) is 11.1. The van der Waals surface area contributed by atoms with E-state index in [-0.39, 0.29) is 12.0 Å². The summed E-state index contributed by atoms with van der Waals surface area (Å²) in [6.07, 6.45) is -0.326. The highest BCUT2D eigenvalue weighted by Gasteiger charge is 2.17. The lowest BCUT2D eigenvalue weighted by Gasteiger charge is -2.10. The van der Waals surface area contributed by atoms with Gasteiger partial charge in [0.05, 0.1) is 11.6 Å². The van der Waals surface area contributed by atoms with Crippen molar-refractivity contribution in [3.8, 4) is 11.8 Å². The van der Waals surface area contributed by atoms with E-state index < -0.39 is 0 Å². The van der Waals surface area contributed by atoms with E-state index in [1.807, 2.05) is 20.8 Å². The van der Waals surface area contributed by atoms with Crippen LogP contribution in [-0.4, -0.2) is 10.1 Å². The predicted molar refractivity (Wildman–Crippen MR) is 68.6 cm³/mol. The van der Waals surface area contributed by atoms with Crippen molar-refractivity contribution in [2.24, 2.45) is 0 Å². The van der Waals surface area contributed by atoms with Gasteiger partial charge in [-0.2, -0.15) is 10.2 Å². The van der Waals surface area contributed by atoms with E-state index in [4.69, 9.17) is 14.5 Å². The summed E-state index contributed by atoms with van der Waals surface area (Å²) in [6, 6.07) is 8.96. The Bertz CT molecular complexity index is 581. The molecule has 1 heterocycles. The Hall–Kier alpha value is -2.35. The van der Waals surface area contributed by atoms with Gasteiger partial charge in [-0.15, -0.1) is 0 Å². The van der Waals surface area contributed by atoms with Crippen molar-refractivity contribution in [3.63, 3.8) is 0 Å². The van der Waals surface area contributed by atoms with Gasteiger partial charge in [0.1, 0.15) is 5.75 Å². The number of ether oxygens (including phenoxy) is 1. The molecule has 0 bridgehead atoms. The van der Waals surface area contributed by atoms with Gasteiger partial charge < -0.3 is 9.26 Å². The summed E-state index contributed by atoms with van der Waals surface area (Å²) in [5, 5.41) is 12.6. The minimum Gasteiger partial charge on any atom is -0.481 e. The summed E-state index contributed by atoms with van der Waals surface area (Å²) >= 11 is 0. The molecule has 5 nitrogen and oxygen atoms in total. The van der Waals surface area contributed by atoms with Gasteiger partial charge in [0.15, 0.2) is 11.9 Å². The quantitative estimate of drug-likeness (QED) is 0.841. The summed E-state index contributed by atoms with van der Waals surface area (Å²) in [5.74, 6) is 2.01. The molecule has 0 fully saturated rings. The fraction of sp³-hybridized carbons (Fsp3) is 0.357. The molecule has 0 spiro atoms. The molecule has 0 saturated carbocycles. The summed E-state index contributed by atoms with van der Waals surface area (Å²) in [7, 11) is 0. The zero-order valence-electron chi connectivity index (χ0n) is 11.1. The molecule has 0 aliphatic rings. The first-order valence-corrected chi connectivity index (χ1v) is 6.10. The highest BCUT2D eigenvalue weighted by atomic mass is 16.5. The van der Waals surface area contributed by atoms with Gasteiger partial charge in [0.25, 0.3) is 5.89 Å². The molecule has 0 amide bonds. The lowest BCUT2D eigenvalue weighted by Crippen LogP contribution is -2.04. The van der Waals surface area contributed by atoms with Gasteiger partial charge in [-0.3, -0.25) is 0 Å². The number of hydrogen-bond acceptors (Lipinski definition) is 5. The summed E-state index contributed by atoms with van der Waals surface area (Å²) in [4.78, 5) is 4.28. The van der Waals surface area contributed by atoms with Gasteiger partial charge >= 0.3 is 0 Å². The molecule has 0 radical (unpaired) electrons. The Morgan fingerprint density at radius 3 is 2.42 bits per heavy atom. The topological polar surface area (TPSA) is 71.9 Å². The third-order valence-corrected chi connectivity index (χ3v) is 2.62. The van der Waals surface area contributed by atoms with Crippen LogP contribution in [0, 0.1) is 11.3 Å². The second-order valence-electron chi connectivity index (χ2n) is 4.54. The first-order chi connectivity index (χ1) is 9.10. The van der Waals surface area contributed by atoms with Crippen molar-refractivity contribution in [1.82, 2.24) is 10.1 Å². The van der Waals surface area contributed by atoms with E-state index in [1.165, 1.54) is 0 Å². The number of nitriles is 1. The van der Waals surface area contributed by atoms with Crippen molar-refractivity contribution >= 4 is 0 Å². The van der Waals surface area contributed by atoms with E-state index in [2.05, 4.69) is 16.2 Å². The lowest BCUT2D eigenvalue weighted by atomic mass is 10.2. The van der Waals surface area contributed by atoms with Crippen molar-refractivity contribution in [2.45, 2.75) is 32.8 Å². The maximum Gasteiger partial charge on any atom is 0.267 e. The second-order valence-corrected chi connectivity index (χ2v) is 4.54. The van der Waals surface area contributed by atoms with Crippen molar-refractivity contribution in [3.05, 3.63) is 41.5 Å². The minimum absolute atomic E-state index is 0.222. The van der Waals surface area contributed by atoms with Gasteiger partial charge in [0, 0.05) is 5.92 Å². The van der Waals surface area contributed by atoms with Crippen LogP contribution < -0.4 is 4.74 Å². The van der Waals surface area contributed by atoms with E-state index in [1.54, 1.807) is 24.3 Å². The molecule has 1 aromatic carbocycles. The van der Waals surface area contributed by atoms with E-state index in [0.717, 1.165) is 0 Å². The smallest absolute Gasteiger partial charge is 0.267 e. The maximum atomic E-state index is 8.72. The molecule has 0 aliphatic heterocycles. The number of hydrogen-bond donors (Lipinski definition) is 0. The van der Waals surface area contributed by atoms with Crippen LogP contribution in [0.5, 0.6) is 5.75 Å². The van der Waals surface area contributed by atoms with E-state index in [0.29, 0.717) is 23.0 Å². The second kappa shape index (κ2) is 5.53. The average molecular weight is 257 g/mol. The highest BCUT2D eigenvalue weighted by molar-refractivity contribution is 5.34. The van der Waals surface area contributed by atoms with Gasteiger partial charge in [-0.1, -0.05) is 19.0 Å². The fourth-order valence-corrected chi connectivity index (χ4v) is 1.51. The molecule has 1 atom stereocenters. The van der Waals surface area contributed by atoms with Crippen LogP contribution in [0.3, 0.4) is 0 Å². The van der Waals surface area contributed by atoms with Crippen LogP contribution >= 0.6 is 0 Å². The molecule has 5 heteroatoms. The molecular formula is C14H15N3O2. The molecule has 0 aliphatic carbocycles. The van der Waals surface area contributed by atoms with Crippen LogP contribution in [0.25, 0.3) is 0 Å². The first kappa shape index (κ1) is 13.1. The van der Waals surface area contributed by atoms with E-state index in [9.17, 15) is 0 Å². The Balaban J connectivity index is 2.07. The normalized spacial score (nSPS) is 12.2. The standard InChI is InChI=1S/C14H15N3O2/c1-9(2)13-16-14(19-17-13)10(3)18-12-6-4-11(8-15)5-7-12/h4-7,9-10H,1-3H3/t10-/m1/s1. The average Bonchev–Trinajstić information content (AvgIpc) is 2.89. The van der Waals surface area contributed by atoms with Crippen LogP contribution in [0.1, 0.15) is 50.1 Å². The third-order valence-electron chi connectivity index (χ3n) is 2.62. The van der Waals surface area contributed by atoms with Crippen LogP contribution in [0.4, 0.5) is 0 Å². The van der Waals surface area contributed by atoms with Gasteiger partial charge in [-0.05, 0) is 31.2 Å². The molecule has 0 unspecified atom stereocenters. The lowest BCUT2D eigenvalue weighted by molar-refractivity contribution is 0.175. The maximum absolute atomic E-state index is 8.72. The third kappa shape index (κ3) is 3.10. The highest BCUT2D eigenvalue weighted by Crippen LogP contribution is 2.22. The van der Waals surface area contributed by atoms with Crippen molar-refractivity contribution in [2.75, 3.05) is 0 Å². The molecule has 19 heavy (non-hydrogen) atoms. The molecule has 0 N–H and O–H groups in total. The molecule has 2 rings (SSSR count). The van der Waals surface area contributed by atoms with Gasteiger partial charge in [0.2, 0.25) is 0 Å². The Labute approximate surface area is 111 Å².